The van der Waals surface area contributed by atoms with E-state index in [0.29, 0.717) is 0 Å². The Bertz CT molecular complexity index is 3100. The molecular weight excluding hydrogens is 713 g/mol. The minimum absolute atomic E-state index is 0.195. The fourth-order valence-electron chi connectivity index (χ4n) is 9.48. The van der Waals surface area contributed by atoms with Crippen LogP contribution in [0.25, 0.3) is 72.0 Å². The predicted molar refractivity (Wildman–Crippen MR) is 249 cm³/mol. The third-order valence-electron chi connectivity index (χ3n) is 12.4. The molecule has 0 bridgehead atoms. The summed E-state index contributed by atoms with van der Waals surface area (Å²) in [6.07, 6.45) is 0. The molecule has 0 aliphatic heterocycles. The molecule has 10 aromatic rings. The highest BCUT2D eigenvalue weighted by atomic mass is 15.1. The van der Waals surface area contributed by atoms with Crippen molar-refractivity contribution in [3.05, 3.63) is 230 Å². The van der Waals surface area contributed by atoms with Crippen LogP contribution in [0, 0.1) is 0 Å². The maximum atomic E-state index is 2.43. The van der Waals surface area contributed by atoms with Crippen molar-refractivity contribution < 1.29 is 0 Å². The average Bonchev–Trinajstić information content (AvgIpc) is 3.76. The number of rotatable bonds is 7. The third-order valence-corrected chi connectivity index (χ3v) is 12.4. The summed E-state index contributed by atoms with van der Waals surface area (Å²) in [7, 11) is 0. The zero-order chi connectivity index (χ0) is 39.5. The lowest BCUT2D eigenvalue weighted by molar-refractivity contribution is 0.660. The van der Waals surface area contributed by atoms with Gasteiger partial charge in [-0.1, -0.05) is 172 Å². The summed E-state index contributed by atoms with van der Waals surface area (Å²) in [6.45, 7) is 4.76. The van der Waals surface area contributed by atoms with Gasteiger partial charge in [-0.15, -0.1) is 0 Å². The monoisotopic (exact) mass is 754 g/mol. The summed E-state index contributed by atoms with van der Waals surface area (Å²) < 4.78 is 2.41. The van der Waals surface area contributed by atoms with Crippen molar-refractivity contribution in [2.45, 2.75) is 19.3 Å². The van der Waals surface area contributed by atoms with Gasteiger partial charge in [0, 0.05) is 38.9 Å². The van der Waals surface area contributed by atoms with E-state index in [1.807, 2.05) is 0 Å². The predicted octanol–water partition coefficient (Wildman–Crippen LogP) is 15.6. The molecule has 0 atom stereocenters. The summed E-state index contributed by atoms with van der Waals surface area (Å²) in [5.41, 5.74) is 19.5. The maximum Gasteiger partial charge on any atom is 0.0541 e. The van der Waals surface area contributed by atoms with E-state index in [2.05, 4.69) is 242 Å². The highest BCUT2D eigenvalue weighted by Crippen LogP contribution is 2.54. The lowest BCUT2D eigenvalue weighted by atomic mass is 9.81. The Hall–Kier alpha value is -7.42. The van der Waals surface area contributed by atoms with E-state index < -0.39 is 0 Å². The number of benzene rings is 9. The number of aromatic nitrogens is 1. The lowest BCUT2D eigenvalue weighted by Crippen LogP contribution is -2.16. The van der Waals surface area contributed by atoms with Crippen LogP contribution in [0.15, 0.2) is 218 Å². The molecule has 0 saturated heterocycles. The Morgan fingerprint density at radius 2 is 0.864 bits per heavy atom. The highest BCUT2D eigenvalue weighted by Gasteiger charge is 2.37. The minimum Gasteiger partial charge on any atom is -0.310 e. The molecule has 2 heteroatoms. The van der Waals surface area contributed by atoms with E-state index in [-0.39, 0.29) is 5.41 Å². The first-order valence-corrected chi connectivity index (χ1v) is 20.5. The van der Waals surface area contributed by atoms with Gasteiger partial charge in [0.1, 0.15) is 0 Å². The number of anilines is 3. The van der Waals surface area contributed by atoms with Gasteiger partial charge in [0.2, 0.25) is 0 Å². The molecule has 280 valence electrons. The van der Waals surface area contributed by atoms with Gasteiger partial charge in [-0.2, -0.15) is 0 Å². The zero-order valence-electron chi connectivity index (χ0n) is 33.2. The second-order valence-electron chi connectivity index (χ2n) is 16.2. The molecule has 0 fully saturated rings. The van der Waals surface area contributed by atoms with Gasteiger partial charge in [-0.3, -0.25) is 0 Å². The average molecular weight is 755 g/mol. The van der Waals surface area contributed by atoms with E-state index in [9.17, 15) is 0 Å². The molecule has 59 heavy (non-hydrogen) atoms. The van der Waals surface area contributed by atoms with E-state index in [1.54, 1.807) is 0 Å². The molecule has 1 aliphatic carbocycles. The molecule has 0 N–H and O–H groups in total. The molecule has 11 rings (SSSR count). The summed E-state index contributed by atoms with van der Waals surface area (Å²) in [5, 5.41) is 2.55. The standard InChI is InChI=1S/C57H42N2/c1-57(2)52-24-14-23-48(43-17-13-20-46(37-43)59-54-25-11-9-21-49(54)50-22-10-12-26-55(50)59)56(52)51-36-35-47(38-53(51)57)58(44-18-7-4-8-19-44)45-33-31-42(32-34-45)41-29-27-40(28-30-41)39-15-5-3-6-16-39/h3-38H,1-2H3. The van der Waals surface area contributed by atoms with Crippen LogP contribution in [0.2, 0.25) is 0 Å². The highest BCUT2D eigenvalue weighted by molar-refractivity contribution is 6.09. The Balaban J connectivity index is 0.980. The molecule has 1 heterocycles. The van der Waals surface area contributed by atoms with Gasteiger partial charge in [0.15, 0.2) is 0 Å². The van der Waals surface area contributed by atoms with Crippen LogP contribution in [0.3, 0.4) is 0 Å². The maximum absolute atomic E-state index is 2.43. The van der Waals surface area contributed by atoms with Crippen molar-refractivity contribution in [3.8, 4) is 50.2 Å². The van der Waals surface area contributed by atoms with Gasteiger partial charge in [-0.25, -0.2) is 0 Å². The molecule has 1 aromatic heterocycles. The van der Waals surface area contributed by atoms with E-state index in [0.717, 1.165) is 17.1 Å². The molecular formula is C57H42N2. The van der Waals surface area contributed by atoms with Gasteiger partial charge >= 0.3 is 0 Å². The van der Waals surface area contributed by atoms with Gasteiger partial charge in [0.25, 0.3) is 0 Å². The quantitative estimate of drug-likeness (QED) is 0.157. The van der Waals surface area contributed by atoms with Crippen LogP contribution in [-0.2, 0) is 5.41 Å². The van der Waals surface area contributed by atoms with Crippen molar-refractivity contribution in [3.63, 3.8) is 0 Å². The largest absolute Gasteiger partial charge is 0.310 e. The van der Waals surface area contributed by atoms with E-state index in [1.165, 1.54) is 83.1 Å². The Kier molecular flexibility index (Phi) is 8.20. The zero-order valence-corrected chi connectivity index (χ0v) is 33.2. The van der Waals surface area contributed by atoms with Crippen LogP contribution in [0.5, 0.6) is 0 Å². The lowest BCUT2D eigenvalue weighted by Gasteiger charge is -2.28. The molecule has 9 aromatic carbocycles. The first kappa shape index (κ1) is 34.8. The van der Waals surface area contributed by atoms with Crippen LogP contribution in [0.4, 0.5) is 17.1 Å². The van der Waals surface area contributed by atoms with Crippen LogP contribution >= 0.6 is 0 Å². The van der Waals surface area contributed by atoms with Gasteiger partial charge < -0.3 is 9.47 Å². The second-order valence-corrected chi connectivity index (χ2v) is 16.2. The summed E-state index contributed by atoms with van der Waals surface area (Å²) in [6, 6.07) is 79.7. The molecule has 0 saturated carbocycles. The van der Waals surface area contributed by atoms with E-state index >= 15 is 0 Å². The summed E-state index contributed by atoms with van der Waals surface area (Å²) >= 11 is 0. The van der Waals surface area contributed by atoms with Crippen molar-refractivity contribution in [2.75, 3.05) is 4.90 Å². The Labute approximate surface area is 345 Å². The smallest absolute Gasteiger partial charge is 0.0541 e. The van der Waals surface area contributed by atoms with Crippen LogP contribution in [0.1, 0.15) is 25.0 Å². The number of hydrogen-bond donors (Lipinski definition) is 0. The van der Waals surface area contributed by atoms with Crippen molar-refractivity contribution in [2.24, 2.45) is 0 Å². The molecule has 1 aliphatic rings. The third kappa shape index (κ3) is 5.79. The van der Waals surface area contributed by atoms with Crippen LogP contribution < -0.4 is 4.90 Å². The van der Waals surface area contributed by atoms with Crippen LogP contribution in [-0.4, -0.2) is 4.57 Å². The SMILES string of the molecule is CC1(C)c2cc(N(c3ccccc3)c3ccc(-c4ccc(-c5ccccc5)cc4)cc3)ccc2-c2c(-c3cccc(-n4c5ccccc5c5ccccc54)c3)cccc21. The normalized spacial score (nSPS) is 12.7. The molecule has 0 spiro atoms. The molecule has 2 nitrogen and oxygen atoms in total. The first-order chi connectivity index (χ1) is 29.0. The van der Waals surface area contributed by atoms with Crippen molar-refractivity contribution >= 4 is 38.9 Å². The van der Waals surface area contributed by atoms with Gasteiger partial charge in [-0.05, 0) is 116 Å². The van der Waals surface area contributed by atoms with Gasteiger partial charge in [0.05, 0.1) is 11.0 Å². The Morgan fingerprint density at radius 1 is 0.356 bits per heavy atom. The number of fused-ring (bicyclic) bond motifs is 6. The molecule has 0 radical (unpaired) electrons. The van der Waals surface area contributed by atoms with Crippen molar-refractivity contribution in [1.82, 2.24) is 4.57 Å². The van der Waals surface area contributed by atoms with Crippen molar-refractivity contribution in [1.29, 1.82) is 0 Å². The number of hydrogen-bond acceptors (Lipinski definition) is 1. The fourth-order valence-corrected chi connectivity index (χ4v) is 9.48. The summed E-state index contributed by atoms with van der Waals surface area (Å²) in [4.78, 5) is 2.39. The molecule has 0 unspecified atom stereocenters. The number of para-hydroxylation sites is 3. The fraction of sp³-hybridized carbons (Fsp3) is 0.0526. The van der Waals surface area contributed by atoms with E-state index in [4.69, 9.17) is 0 Å². The molecule has 0 amide bonds. The Morgan fingerprint density at radius 3 is 1.53 bits per heavy atom. The number of nitrogens with zero attached hydrogens (tertiary/aromatic N) is 2. The minimum atomic E-state index is -0.195. The second kappa shape index (κ2) is 13.9. The first-order valence-electron chi connectivity index (χ1n) is 20.5. The topological polar surface area (TPSA) is 8.17 Å². The summed E-state index contributed by atoms with van der Waals surface area (Å²) in [5.74, 6) is 0.